The molecule has 156 valence electrons. The highest BCUT2D eigenvalue weighted by molar-refractivity contribution is 5.78. The summed E-state index contributed by atoms with van der Waals surface area (Å²) < 4.78 is 12.0. The Morgan fingerprint density at radius 2 is 2.13 bits per heavy atom. The maximum atomic E-state index is 12.9. The van der Waals surface area contributed by atoms with E-state index in [2.05, 4.69) is 24.9 Å². The van der Waals surface area contributed by atoms with Crippen molar-refractivity contribution >= 4 is 16.9 Å². The van der Waals surface area contributed by atoms with Gasteiger partial charge in [0.2, 0.25) is 0 Å². The van der Waals surface area contributed by atoms with Gasteiger partial charge >= 0.3 is 0 Å². The Hall–Kier alpha value is -3.02. The number of H-pyrrole nitrogens is 1. The monoisotopic (exact) mass is 405 g/mol. The number of piperidine rings is 1. The van der Waals surface area contributed by atoms with Gasteiger partial charge < -0.3 is 19.4 Å². The topological polar surface area (TPSA) is 67.5 Å². The van der Waals surface area contributed by atoms with Gasteiger partial charge in [-0.15, -0.1) is 0 Å². The van der Waals surface area contributed by atoms with Gasteiger partial charge in [-0.05, 0) is 44.9 Å². The Kier molecular flexibility index (Phi) is 4.65. The van der Waals surface area contributed by atoms with Crippen molar-refractivity contribution in [1.82, 2.24) is 14.9 Å². The Bertz CT molecular complexity index is 1060. The van der Waals surface area contributed by atoms with E-state index in [4.69, 9.17) is 14.5 Å². The predicted octanol–water partition coefficient (Wildman–Crippen LogP) is 4.06. The number of carbonyl (C=O) groups is 1. The number of aromatic amines is 1. The molecule has 1 aromatic heterocycles. The number of amides is 1. The summed E-state index contributed by atoms with van der Waals surface area (Å²) in [4.78, 5) is 22.9. The van der Waals surface area contributed by atoms with Crippen LogP contribution in [-0.2, 0) is 11.2 Å². The summed E-state index contributed by atoms with van der Waals surface area (Å²) in [6.45, 7) is 5.57. The average molecular weight is 405 g/mol. The van der Waals surface area contributed by atoms with Crippen molar-refractivity contribution in [1.29, 1.82) is 0 Å². The molecule has 0 spiro atoms. The molecule has 6 heteroatoms. The highest BCUT2D eigenvalue weighted by atomic mass is 16.5. The summed E-state index contributed by atoms with van der Waals surface area (Å²) >= 11 is 0. The lowest BCUT2D eigenvalue weighted by Crippen LogP contribution is -2.41. The van der Waals surface area contributed by atoms with Crippen LogP contribution in [0.15, 0.2) is 42.5 Å². The summed E-state index contributed by atoms with van der Waals surface area (Å²) in [5.74, 6) is 2.61. The molecule has 1 saturated heterocycles. The van der Waals surface area contributed by atoms with Gasteiger partial charge in [0, 0.05) is 31.0 Å². The quantitative estimate of drug-likeness (QED) is 0.711. The van der Waals surface area contributed by atoms with E-state index >= 15 is 0 Å². The third kappa shape index (κ3) is 3.62. The molecule has 6 nitrogen and oxygen atoms in total. The van der Waals surface area contributed by atoms with Gasteiger partial charge in [-0.1, -0.05) is 24.3 Å². The maximum Gasteiger partial charge on any atom is 0.260 e. The number of ether oxygens (including phenoxy) is 2. The minimum absolute atomic E-state index is 0.00525. The highest BCUT2D eigenvalue weighted by Gasteiger charge is 2.33. The third-order valence-corrected chi connectivity index (χ3v) is 5.97. The molecule has 2 aliphatic rings. The van der Waals surface area contributed by atoms with Crippen molar-refractivity contribution in [2.75, 3.05) is 19.7 Å². The Balaban J connectivity index is 1.24. The summed E-state index contributed by atoms with van der Waals surface area (Å²) in [5.41, 5.74) is 2.91. The number of nitrogens with one attached hydrogen (secondary N) is 1. The van der Waals surface area contributed by atoms with Crippen LogP contribution in [0.25, 0.3) is 11.0 Å². The van der Waals surface area contributed by atoms with Crippen molar-refractivity contribution in [3.63, 3.8) is 0 Å². The van der Waals surface area contributed by atoms with Crippen molar-refractivity contribution in [2.45, 2.75) is 44.6 Å². The number of fused-ring (bicyclic) bond motifs is 2. The fourth-order valence-electron chi connectivity index (χ4n) is 4.52. The number of aromatic nitrogens is 2. The number of likely N-dealkylation sites (tertiary alicyclic amines) is 1. The Labute approximate surface area is 176 Å². The molecule has 2 aromatic carbocycles. The van der Waals surface area contributed by atoms with Crippen LogP contribution in [0.3, 0.4) is 0 Å². The first kappa shape index (κ1) is 19.0. The number of rotatable bonds is 4. The average Bonchev–Trinajstić information content (AvgIpc) is 3.31. The normalized spacial score (nSPS) is 20.1. The molecule has 1 atom stereocenters. The van der Waals surface area contributed by atoms with E-state index in [-0.39, 0.29) is 24.0 Å². The Morgan fingerprint density at radius 3 is 3.00 bits per heavy atom. The number of benzene rings is 2. The number of hydrogen-bond donors (Lipinski definition) is 1. The lowest BCUT2D eigenvalue weighted by Gasteiger charge is -2.31. The predicted molar refractivity (Wildman–Crippen MR) is 115 cm³/mol. The fourth-order valence-corrected chi connectivity index (χ4v) is 4.52. The minimum atomic E-state index is -0.238. The molecule has 3 aromatic rings. The molecule has 5 rings (SSSR count). The zero-order valence-corrected chi connectivity index (χ0v) is 17.5. The number of nitrogens with zero attached hydrogens (tertiary/aromatic N) is 2. The molecule has 30 heavy (non-hydrogen) atoms. The number of carbonyl (C=O) groups excluding carboxylic acids is 1. The largest absolute Gasteiger partial charge is 0.483 e. The van der Waals surface area contributed by atoms with Crippen LogP contribution < -0.4 is 9.47 Å². The van der Waals surface area contributed by atoms with Crippen molar-refractivity contribution < 1.29 is 14.3 Å². The van der Waals surface area contributed by atoms with Gasteiger partial charge in [0.1, 0.15) is 11.4 Å². The third-order valence-electron chi connectivity index (χ3n) is 5.97. The summed E-state index contributed by atoms with van der Waals surface area (Å²) in [6.07, 6.45) is 2.84. The first-order valence-corrected chi connectivity index (χ1v) is 10.6. The van der Waals surface area contributed by atoms with Crippen LogP contribution in [0.4, 0.5) is 0 Å². The van der Waals surface area contributed by atoms with E-state index < -0.39 is 0 Å². The van der Waals surface area contributed by atoms with Crippen molar-refractivity contribution in [3.8, 4) is 11.5 Å². The molecule has 0 radical (unpaired) electrons. The molecule has 1 amide bonds. The van der Waals surface area contributed by atoms with E-state index in [1.807, 2.05) is 41.3 Å². The zero-order chi connectivity index (χ0) is 20.7. The van der Waals surface area contributed by atoms with Crippen LogP contribution in [-0.4, -0.2) is 46.1 Å². The van der Waals surface area contributed by atoms with Gasteiger partial charge in [-0.2, -0.15) is 0 Å². The zero-order valence-electron chi connectivity index (χ0n) is 17.5. The second-order valence-electron chi connectivity index (χ2n) is 8.89. The lowest BCUT2D eigenvalue weighted by atomic mass is 9.97. The highest BCUT2D eigenvalue weighted by Crippen LogP contribution is 2.41. The summed E-state index contributed by atoms with van der Waals surface area (Å²) in [7, 11) is 0. The van der Waals surface area contributed by atoms with Gasteiger partial charge in [0.15, 0.2) is 18.1 Å². The van der Waals surface area contributed by atoms with Gasteiger partial charge in [0.05, 0.1) is 11.0 Å². The fraction of sp³-hybridized carbons (Fsp3) is 0.417. The molecule has 1 fully saturated rings. The second-order valence-corrected chi connectivity index (χ2v) is 8.89. The summed E-state index contributed by atoms with van der Waals surface area (Å²) in [6, 6.07) is 13.9. The van der Waals surface area contributed by atoms with Crippen LogP contribution in [0, 0.1) is 0 Å². The molecular weight excluding hydrogens is 378 g/mol. The van der Waals surface area contributed by atoms with E-state index in [0.717, 1.165) is 54.0 Å². The molecule has 3 heterocycles. The van der Waals surface area contributed by atoms with Crippen LogP contribution in [0.5, 0.6) is 11.5 Å². The van der Waals surface area contributed by atoms with Gasteiger partial charge in [-0.3, -0.25) is 4.79 Å². The second kappa shape index (κ2) is 7.35. The molecule has 0 saturated carbocycles. The molecule has 1 unspecified atom stereocenters. The van der Waals surface area contributed by atoms with E-state index in [1.165, 1.54) is 0 Å². The summed E-state index contributed by atoms with van der Waals surface area (Å²) in [5, 5.41) is 0. The van der Waals surface area contributed by atoms with Crippen molar-refractivity contribution in [3.05, 3.63) is 53.9 Å². The van der Waals surface area contributed by atoms with Gasteiger partial charge in [-0.25, -0.2) is 4.98 Å². The van der Waals surface area contributed by atoms with E-state index in [0.29, 0.717) is 12.3 Å². The smallest absolute Gasteiger partial charge is 0.260 e. The van der Waals surface area contributed by atoms with Crippen LogP contribution >= 0.6 is 0 Å². The first-order valence-electron chi connectivity index (χ1n) is 10.6. The SMILES string of the molecule is CC1(C)Cc2cccc(OCC(=O)N3CCCC(c4nc5ccccc5[nH]4)C3)c2O1. The first-order chi connectivity index (χ1) is 14.5. The standard InChI is InChI=1S/C24H27N3O3/c1-24(2)13-16-7-5-11-20(22(16)30-24)29-15-21(28)27-12-6-8-17(14-27)23-25-18-9-3-4-10-19(18)26-23/h3-5,7,9-11,17H,6,8,12-15H2,1-2H3,(H,25,26). The number of hydrogen-bond acceptors (Lipinski definition) is 4. The minimum Gasteiger partial charge on any atom is -0.483 e. The van der Waals surface area contributed by atoms with Crippen LogP contribution in [0.1, 0.15) is 44.0 Å². The maximum absolute atomic E-state index is 12.9. The molecule has 0 bridgehead atoms. The Morgan fingerprint density at radius 1 is 1.27 bits per heavy atom. The lowest BCUT2D eigenvalue weighted by molar-refractivity contribution is -0.134. The molecule has 2 aliphatic heterocycles. The molecular formula is C24H27N3O3. The van der Waals surface area contributed by atoms with Gasteiger partial charge in [0.25, 0.3) is 5.91 Å². The van der Waals surface area contributed by atoms with Crippen molar-refractivity contribution in [2.24, 2.45) is 0 Å². The van der Waals surface area contributed by atoms with Crippen LogP contribution in [0.2, 0.25) is 0 Å². The molecule has 1 N–H and O–H groups in total. The van der Waals surface area contributed by atoms with E-state index in [9.17, 15) is 4.79 Å². The molecule has 0 aliphatic carbocycles. The number of imidazole rings is 1. The van der Waals surface area contributed by atoms with E-state index in [1.54, 1.807) is 0 Å². The number of para-hydroxylation sites is 3.